The first-order chi connectivity index (χ1) is 18.2. The van der Waals surface area contributed by atoms with Crippen molar-refractivity contribution >= 4 is 21.7 Å². The van der Waals surface area contributed by atoms with Gasteiger partial charge in [-0.1, -0.05) is 42.5 Å². The molecule has 5 nitrogen and oxygen atoms in total. The van der Waals surface area contributed by atoms with Crippen LogP contribution in [0.1, 0.15) is 36.0 Å². The van der Waals surface area contributed by atoms with Crippen molar-refractivity contribution in [2.45, 2.75) is 44.1 Å². The SMILES string of the molecule is O=C(CCc1cccc(-c2cc(C(F)(F)F)cc(C(F)(F)F)c2)c1)[C@@H]1CCCN1S(=O)(=O)Nc1ccccc1. The second-order valence-corrected chi connectivity index (χ2v) is 10.8. The first-order valence-electron chi connectivity index (χ1n) is 12.0. The Labute approximate surface area is 221 Å². The van der Waals surface area contributed by atoms with Gasteiger partial charge in [0.2, 0.25) is 0 Å². The fraction of sp³-hybridized carbons (Fsp3) is 0.296. The molecule has 0 unspecified atom stereocenters. The van der Waals surface area contributed by atoms with Gasteiger partial charge >= 0.3 is 22.6 Å². The lowest BCUT2D eigenvalue weighted by Gasteiger charge is -2.23. The van der Waals surface area contributed by atoms with E-state index < -0.39 is 39.7 Å². The minimum Gasteiger partial charge on any atom is -0.298 e. The van der Waals surface area contributed by atoms with E-state index in [4.69, 9.17) is 0 Å². The number of aryl methyl sites for hydroxylation is 1. The minimum absolute atomic E-state index is 0.0537. The molecule has 1 saturated heterocycles. The van der Waals surface area contributed by atoms with E-state index in [0.29, 0.717) is 36.2 Å². The quantitative estimate of drug-likeness (QED) is 0.306. The molecule has 0 aromatic heterocycles. The topological polar surface area (TPSA) is 66.5 Å². The zero-order valence-electron chi connectivity index (χ0n) is 20.4. The average Bonchev–Trinajstić information content (AvgIpc) is 3.38. The van der Waals surface area contributed by atoms with Gasteiger partial charge in [-0.15, -0.1) is 0 Å². The number of nitrogens with zero attached hydrogens (tertiary/aromatic N) is 1. The van der Waals surface area contributed by atoms with Crippen LogP contribution in [0.2, 0.25) is 0 Å². The molecule has 39 heavy (non-hydrogen) atoms. The van der Waals surface area contributed by atoms with E-state index in [9.17, 15) is 39.6 Å². The molecule has 1 aliphatic rings. The van der Waals surface area contributed by atoms with Crippen LogP contribution in [0.5, 0.6) is 0 Å². The Morgan fingerprint density at radius 1 is 0.846 bits per heavy atom. The molecule has 0 aliphatic carbocycles. The molecule has 1 aliphatic heterocycles. The van der Waals surface area contributed by atoms with Crippen LogP contribution < -0.4 is 4.72 Å². The molecular weight excluding hydrogens is 546 g/mol. The van der Waals surface area contributed by atoms with E-state index in [2.05, 4.69) is 4.72 Å². The van der Waals surface area contributed by atoms with Crippen molar-refractivity contribution in [2.75, 3.05) is 11.3 Å². The summed E-state index contributed by atoms with van der Waals surface area (Å²) in [6.45, 7) is 0.172. The van der Waals surface area contributed by atoms with Gasteiger partial charge in [0.25, 0.3) is 0 Å². The number of para-hydroxylation sites is 1. The number of hydrogen-bond acceptors (Lipinski definition) is 3. The largest absolute Gasteiger partial charge is 0.416 e. The number of rotatable bonds is 8. The van der Waals surface area contributed by atoms with Crippen molar-refractivity contribution in [3.8, 4) is 11.1 Å². The number of Topliss-reactive ketones (excluding diaryl/α,β-unsaturated/α-hetero) is 1. The Bertz CT molecular complexity index is 1410. The number of ketones is 1. The monoisotopic (exact) mass is 570 g/mol. The molecule has 12 heteroatoms. The molecule has 4 rings (SSSR count). The summed E-state index contributed by atoms with van der Waals surface area (Å²) in [4.78, 5) is 13.0. The molecule has 0 radical (unpaired) electrons. The first kappa shape index (κ1) is 28.6. The van der Waals surface area contributed by atoms with E-state index >= 15 is 0 Å². The predicted molar refractivity (Wildman–Crippen MR) is 134 cm³/mol. The van der Waals surface area contributed by atoms with Gasteiger partial charge in [0, 0.05) is 18.7 Å². The van der Waals surface area contributed by atoms with Crippen molar-refractivity contribution in [3.05, 3.63) is 89.5 Å². The first-order valence-corrected chi connectivity index (χ1v) is 13.4. The van der Waals surface area contributed by atoms with Crippen LogP contribution in [-0.4, -0.2) is 31.1 Å². The molecule has 0 amide bonds. The molecule has 1 heterocycles. The molecule has 0 spiro atoms. The fourth-order valence-electron chi connectivity index (χ4n) is 4.53. The number of alkyl halides is 6. The van der Waals surface area contributed by atoms with Gasteiger partial charge in [0.05, 0.1) is 17.2 Å². The van der Waals surface area contributed by atoms with Crippen LogP contribution >= 0.6 is 0 Å². The van der Waals surface area contributed by atoms with Crippen molar-refractivity contribution in [1.82, 2.24) is 4.31 Å². The van der Waals surface area contributed by atoms with Crippen LogP contribution in [0, 0.1) is 0 Å². The van der Waals surface area contributed by atoms with Crippen LogP contribution in [0.15, 0.2) is 72.8 Å². The standard InChI is InChI=1S/C27H24F6N2O3S/c28-26(29,30)21-15-20(16-22(17-21)27(31,32)33)19-7-4-6-18(14-19)11-12-25(36)24-10-5-13-35(24)39(37,38)34-23-8-2-1-3-9-23/h1-4,6-9,14-17,24,34H,5,10-13H2/t24-/m0/s1. The zero-order chi connectivity index (χ0) is 28.4. The summed E-state index contributed by atoms with van der Waals surface area (Å²) < 4.78 is 109. The molecule has 3 aromatic carbocycles. The van der Waals surface area contributed by atoms with Crippen molar-refractivity contribution in [1.29, 1.82) is 0 Å². The maximum atomic E-state index is 13.3. The van der Waals surface area contributed by atoms with Crippen molar-refractivity contribution < 1.29 is 39.6 Å². The van der Waals surface area contributed by atoms with Crippen LogP contribution in [0.3, 0.4) is 0 Å². The highest BCUT2D eigenvalue weighted by atomic mass is 32.2. The maximum absolute atomic E-state index is 13.3. The van der Waals surface area contributed by atoms with Gasteiger partial charge in [-0.25, -0.2) is 0 Å². The number of carbonyl (C=O) groups excluding carboxylic acids is 1. The van der Waals surface area contributed by atoms with Gasteiger partial charge in [0.15, 0.2) is 5.78 Å². The van der Waals surface area contributed by atoms with Gasteiger partial charge in [-0.2, -0.15) is 39.1 Å². The summed E-state index contributed by atoms with van der Waals surface area (Å²) in [7, 11) is -3.99. The maximum Gasteiger partial charge on any atom is 0.416 e. The summed E-state index contributed by atoms with van der Waals surface area (Å²) in [5.74, 6) is -0.324. The number of nitrogens with one attached hydrogen (secondary N) is 1. The lowest BCUT2D eigenvalue weighted by Crippen LogP contribution is -2.43. The Kier molecular flexibility index (Phi) is 8.08. The van der Waals surface area contributed by atoms with E-state index in [1.54, 1.807) is 36.4 Å². The summed E-state index contributed by atoms with van der Waals surface area (Å²) in [5.41, 5.74) is -2.09. The second kappa shape index (κ2) is 11.0. The molecule has 0 saturated carbocycles. The Balaban J connectivity index is 1.50. The highest BCUT2D eigenvalue weighted by Gasteiger charge is 2.39. The second-order valence-electron chi connectivity index (χ2n) is 9.20. The van der Waals surface area contributed by atoms with Crippen LogP contribution in [0.25, 0.3) is 11.1 Å². The summed E-state index contributed by atoms with van der Waals surface area (Å²) in [6, 6.07) is 14.7. The molecule has 208 valence electrons. The number of halogens is 6. The highest BCUT2D eigenvalue weighted by molar-refractivity contribution is 7.90. The van der Waals surface area contributed by atoms with E-state index in [0.717, 1.165) is 4.31 Å². The van der Waals surface area contributed by atoms with Gasteiger partial charge in [-0.05, 0) is 66.3 Å². The third-order valence-corrected chi connectivity index (χ3v) is 7.96. The third kappa shape index (κ3) is 6.99. The molecule has 1 atom stereocenters. The van der Waals surface area contributed by atoms with Gasteiger partial charge in [0.1, 0.15) is 0 Å². The van der Waals surface area contributed by atoms with E-state index in [-0.39, 0.29) is 42.4 Å². The average molecular weight is 571 g/mol. The number of benzene rings is 3. The lowest BCUT2D eigenvalue weighted by atomic mass is 9.96. The van der Waals surface area contributed by atoms with E-state index in [1.807, 2.05) is 0 Å². The smallest absolute Gasteiger partial charge is 0.298 e. The zero-order valence-corrected chi connectivity index (χ0v) is 21.2. The number of anilines is 1. The molecule has 3 aromatic rings. The Morgan fingerprint density at radius 3 is 2.10 bits per heavy atom. The Hall–Kier alpha value is -3.38. The minimum atomic E-state index is -4.97. The highest BCUT2D eigenvalue weighted by Crippen LogP contribution is 2.39. The lowest BCUT2D eigenvalue weighted by molar-refractivity contribution is -0.143. The number of carbonyl (C=O) groups is 1. The van der Waals surface area contributed by atoms with Gasteiger partial charge in [-0.3, -0.25) is 9.52 Å². The summed E-state index contributed by atoms with van der Waals surface area (Å²) in [6.07, 6.45) is -9.01. The van der Waals surface area contributed by atoms with Crippen LogP contribution in [-0.2, 0) is 33.8 Å². The fourth-order valence-corrected chi connectivity index (χ4v) is 6.00. The molecule has 1 N–H and O–H groups in total. The third-order valence-electron chi connectivity index (χ3n) is 6.41. The van der Waals surface area contributed by atoms with Gasteiger partial charge < -0.3 is 0 Å². The van der Waals surface area contributed by atoms with Crippen LogP contribution in [0.4, 0.5) is 32.0 Å². The van der Waals surface area contributed by atoms with Crippen molar-refractivity contribution in [3.63, 3.8) is 0 Å². The predicted octanol–water partition coefficient (Wildman–Crippen LogP) is 6.71. The number of hydrogen-bond donors (Lipinski definition) is 1. The molecule has 0 bridgehead atoms. The summed E-state index contributed by atoms with van der Waals surface area (Å²) in [5, 5.41) is 0. The Morgan fingerprint density at radius 2 is 1.49 bits per heavy atom. The normalized spacial score (nSPS) is 16.8. The van der Waals surface area contributed by atoms with Crippen molar-refractivity contribution in [2.24, 2.45) is 0 Å². The van der Waals surface area contributed by atoms with E-state index in [1.165, 1.54) is 18.2 Å². The summed E-state index contributed by atoms with van der Waals surface area (Å²) >= 11 is 0. The molecule has 1 fully saturated rings. The molecular formula is C27H24F6N2O3S.